The number of hydrogen-bond acceptors (Lipinski definition) is 5. The van der Waals surface area contributed by atoms with Gasteiger partial charge in [-0.1, -0.05) is 48.5 Å². The maximum Gasteiger partial charge on any atom is 0.407 e. The maximum absolute atomic E-state index is 12.1. The van der Waals surface area contributed by atoms with Crippen molar-refractivity contribution in [2.75, 3.05) is 19.8 Å². The molecule has 0 aliphatic heterocycles. The van der Waals surface area contributed by atoms with Gasteiger partial charge in [-0.15, -0.1) is 0 Å². The van der Waals surface area contributed by atoms with Crippen LogP contribution in [0.15, 0.2) is 48.5 Å². The summed E-state index contributed by atoms with van der Waals surface area (Å²) < 4.78 is 5.42. The van der Waals surface area contributed by atoms with E-state index in [0.717, 1.165) is 22.3 Å². The molecule has 0 radical (unpaired) electrons. The van der Waals surface area contributed by atoms with Crippen molar-refractivity contribution in [3.05, 3.63) is 59.7 Å². The number of nitrogens with one attached hydrogen (secondary N) is 2. The van der Waals surface area contributed by atoms with Crippen LogP contribution in [0.2, 0.25) is 0 Å². The first-order valence-corrected chi connectivity index (χ1v) is 10.2. The van der Waals surface area contributed by atoms with Crippen LogP contribution in [-0.2, 0) is 14.3 Å². The number of rotatable bonds is 10. The van der Waals surface area contributed by atoms with Crippen LogP contribution in [0.1, 0.15) is 36.3 Å². The van der Waals surface area contributed by atoms with Crippen LogP contribution in [0.3, 0.4) is 0 Å². The van der Waals surface area contributed by atoms with Crippen molar-refractivity contribution in [1.82, 2.24) is 10.6 Å². The van der Waals surface area contributed by atoms with E-state index in [4.69, 9.17) is 14.9 Å². The molecule has 0 saturated heterocycles. The number of carboxylic acid groups (broad SMARTS) is 1. The Bertz CT molecular complexity index is 900. The molecule has 8 nitrogen and oxygen atoms in total. The largest absolute Gasteiger partial charge is 0.480 e. The van der Waals surface area contributed by atoms with E-state index in [1.54, 1.807) is 0 Å². The van der Waals surface area contributed by atoms with E-state index in [1.165, 1.54) is 0 Å². The monoisotopic (exact) mass is 426 g/mol. The van der Waals surface area contributed by atoms with E-state index in [2.05, 4.69) is 22.8 Å². The van der Waals surface area contributed by atoms with E-state index in [-0.39, 0.29) is 38.5 Å². The summed E-state index contributed by atoms with van der Waals surface area (Å²) in [6, 6.07) is 15.0. The number of aliphatic hydroxyl groups is 1. The van der Waals surface area contributed by atoms with E-state index >= 15 is 0 Å². The van der Waals surface area contributed by atoms with Gasteiger partial charge in [-0.2, -0.15) is 0 Å². The first kappa shape index (κ1) is 22.3. The third-order valence-corrected chi connectivity index (χ3v) is 5.24. The van der Waals surface area contributed by atoms with Crippen LogP contribution in [0.25, 0.3) is 11.1 Å². The second-order valence-corrected chi connectivity index (χ2v) is 7.33. The molecule has 0 aromatic heterocycles. The summed E-state index contributed by atoms with van der Waals surface area (Å²) in [5, 5.41) is 22.8. The first-order chi connectivity index (χ1) is 15.0. The number of aliphatic hydroxyl groups excluding tert-OH is 1. The van der Waals surface area contributed by atoms with Crippen LogP contribution in [-0.4, -0.2) is 54.0 Å². The molecule has 0 heterocycles. The van der Waals surface area contributed by atoms with Gasteiger partial charge in [0.25, 0.3) is 0 Å². The highest BCUT2D eigenvalue weighted by molar-refractivity contribution is 5.83. The van der Waals surface area contributed by atoms with Crippen LogP contribution < -0.4 is 10.6 Å². The Morgan fingerprint density at radius 3 is 2.19 bits per heavy atom. The number of alkyl carbamates (subject to hydrolysis) is 1. The summed E-state index contributed by atoms with van der Waals surface area (Å²) in [4.78, 5) is 34.9. The number of ether oxygens (including phenoxy) is 1. The number of fused-ring (bicyclic) bond motifs is 3. The number of aliphatic carboxylic acids is 1. The van der Waals surface area contributed by atoms with Crippen LogP contribution >= 0.6 is 0 Å². The molecule has 3 rings (SSSR count). The Hall–Kier alpha value is -3.39. The van der Waals surface area contributed by atoms with E-state index < -0.39 is 24.0 Å². The van der Waals surface area contributed by atoms with Gasteiger partial charge in [-0.05, 0) is 28.7 Å². The van der Waals surface area contributed by atoms with Crippen molar-refractivity contribution in [1.29, 1.82) is 0 Å². The van der Waals surface area contributed by atoms with Gasteiger partial charge < -0.3 is 25.6 Å². The second-order valence-electron chi connectivity index (χ2n) is 7.33. The summed E-state index contributed by atoms with van der Waals surface area (Å²) in [6.07, 6.45) is -0.231. The molecule has 0 saturated carbocycles. The fraction of sp³-hybridized carbons (Fsp3) is 0.348. The number of amides is 2. The molecule has 1 aliphatic rings. The number of carbonyl (C=O) groups excluding carboxylic acids is 2. The minimum Gasteiger partial charge on any atom is -0.480 e. The number of carboxylic acids is 1. The Morgan fingerprint density at radius 2 is 1.61 bits per heavy atom. The van der Waals surface area contributed by atoms with Gasteiger partial charge in [0.2, 0.25) is 5.91 Å². The molecule has 2 aromatic rings. The molecule has 0 bridgehead atoms. The quantitative estimate of drug-likeness (QED) is 0.432. The normalized spacial score (nSPS) is 13.1. The van der Waals surface area contributed by atoms with Gasteiger partial charge in [0.15, 0.2) is 0 Å². The molecule has 8 heteroatoms. The summed E-state index contributed by atoms with van der Waals surface area (Å²) in [5.74, 6) is -1.67. The van der Waals surface area contributed by atoms with Crippen LogP contribution in [0.5, 0.6) is 0 Å². The van der Waals surface area contributed by atoms with Crippen molar-refractivity contribution in [3.63, 3.8) is 0 Å². The molecule has 1 atom stereocenters. The highest BCUT2D eigenvalue weighted by atomic mass is 16.5. The van der Waals surface area contributed by atoms with Crippen molar-refractivity contribution in [2.45, 2.75) is 31.2 Å². The zero-order valence-corrected chi connectivity index (χ0v) is 17.0. The van der Waals surface area contributed by atoms with Gasteiger partial charge in [0.1, 0.15) is 12.6 Å². The van der Waals surface area contributed by atoms with E-state index in [0.29, 0.717) is 6.42 Å². The molecule has 4 N–H and O–H groups in total. The molecule has 31 heavy (non-hydrogen) atoms. The van der Waals surface area contributed by atoms with E-state index in [9.17, 15) is 14.4 Å². The number of hydrogen-bond donors (Lipinski definition) is 4. The fourth-order valence-corrected chi connectivity index (χ4v) is 3.74. The summed E-state index contributed by atoms with van der Waals surface area (Å²) in [5.41, 5.74) is 4.56. The highest BCUT2D eigenvalue weighted by Crippen LogP contribution is 2.44. The summed E-state index contributed by atoms with van der Waals surface area (Å²) in [7, 11) is 0. The van der Waals surface area contributed by atoms with Crippen LogP contribution in [0.4, 0.5) is 4.79 Å². The van der Waals surface area contributed by atoms with Gasteiger partial charge in [-0.3, -0.25) is 4.79 Å². The average Bonchev–Trinajstić information content (AvgIpc) is 3.09. The Kier molecular flexibility index (Phi) is 7.61. The van der Waals surface area contributed by atoms with Gasteiger partial charge in [0.05, 0.1) is 0 Å². The third kappa shape index (κ3) is 5.61. The molecule has 0 spiro atoms. The second kappa shape index (κ2) is 10.6. The lowest BCUT2D eigenvalue weighted by Crippen LogP contribution is -2.41. The molecular weight excluding hydrogens is 400 g/mol. The van der Waals surface area contributed by atoms with Crippen LogP contribution in [0, 0.1) is 0 Å². The van der Waals surface area contributed by atoms with Crippen molar-refractivity contribution >= 4 is 18.0 Å². The van der Waals surface area contributed by atoms with E-state index in [1.807, 2.05) is 36.4 Å². The van der Waals surface area contributed by atoms with Crippen molar-refractivity contribution in [2.24, 2.45) is 0 Å². The van der Waals surface area contributed by atoms with Crippen molar-refractivity contribution in [3.8, 4) is 11.1 Å². The molecular formula is C23H26N2O6. The first-order valence-electron chi connectivity index (χ1n) is 10.2. The lowest BCUT2D eigenvalue weighted by molar-refractivity contribution is -0.142. The predicted octanol–water partition coefficient (Wildman–Crippen LogP) is 2.26. The molecule has 164 valence electrons. The Balaban J connectivity index is 1.42. The maximum atomic E-state index is 12.1. The smallest absolute Gasteiger partial charge is 0.407 e. The molecule has 2 aromatic carbocycles. The third-order valence-electron chi connectivity index (χ3n) is 5.24. The molecule has 2 amide bonds. The Labute approximate surface area is 180 Å². The summed E-state index contributed by atoms with van der Waals surface area (Å²) >= 11 is 0. The van der Waals surface area contributed by atoms with Gasteiger partial charge >= 0.3 is 12.1 Å². The SMILES string of the molecule is O=C(CCCNC(=O)OCC1c2ccccc2-c2ccccc21)N[C@@H](CCO)C(=O)O. The lowest BCUT2D eigenvalue weighted by Gasteiger charge is -2.15. The molecule has 0 fully saturated rings. The van der Waals surface area contributed by atoms with Gasteiger partial charge in [0, 0.05) is 31.9 Å². The fourth-order valence-electron chi connectivity index (χ4n) is 3.74. The van der Waals surface area contributed by atoms with Crippen molar-refractivity contribution < 1.29 is 29.3 Å². The zero-order chi connectivity index (χ0) is 22.2. The predicted molar refractivity (Wildman–Crippen MR) is 114 cm³/mol. The van der Waals surface area contributed by atoms with Gasteiger partial charge in [-0.25, -0.2) is 9.59 Å². The average molecular weight is 426 g/mol. The minimum atomic E-state index is -1.20. The minimum absolute atomic E-state index is 0.0246. The molecule has 0 unspecified atom stereocenters. The number of benzene rings is 2. The Morgan fingerprint density at radius 1 is 1.00 bits per heavy atom. The standard InChI is InChI=1S/C23H26N2O6/c26-13-11-20(22(28)29)25-21(27)10-5-12-24-23(30)31-14-19-17-8-3-1-6-15(17)16-7-2-4-9-18(16)19/h1-4,6-9,19-20,26H,5,10-14H2,(H,24,30)(H,25,27)(H,28,29)/t20-/m0/s1. The topological polar surface area (TPSA) is 125 Å². The number of carbonyl (C=O) groups is 3. The lowest BCUT2D eigenvalue weighted by atomic mass is 9.98. The highest BCUT2D eigenvalue weighted by Gasteiger charge is 2.29. The zero-order valence-electron chi connectivity index (χ0n) is 17.0. The summed E-state index contributed by atoms with van der Waals surface area (Å²) in [6.45, 7) is 0.101. The molecule has 1 aliphatic carbocycles.